The quantitative estimate of drug-likeness (QED) is 0.283. The van der Waals surface area contributed by atoms with Gasteiger partial charge in [-0.15, -0.1) is 23.2 Å². The maximum atomic E-state index is 15.5. The molecule has 264 valence electrons. The molecule has 9 nitrogen and oxygen atoms in total. The molecule has 0 aliphatic heterocycles. The van der Waals surface area contributed by atoms with Gasteiger partial charge in [-0.2, -0.15) is 4.90 Å². The summed E-state index contributed by atoms with van der Waals surface area (Å²) >= 11 is 25.0. The van der Waals surface area contributed by atoms with Crippen molar-refractivity contribution >= 4 is 87.5 Å². The second-order valence-corrected chi connectivity index (χ2v) is 15.6. The zero-order valence-electron chi connectivity index (χ0n) is 27.1. The van der Waals surface area contributed by atoms with Gasteiger partial charge in [0.1, 0.15) is 33.0 Å². The minimum atomic E-state index is -1.48. The third kappa shape index (κ3) is 9.02. The number of carbonyl (C=O) groups excluding carboxylic acids is 4. The molecule has 0 radical (unpaired) electrons. The average Bonchev–Trinajstić information content (AvgIpc) is 3.53. The van der Waals surface area contributed by atoms with E-state index in [2.05, 4.69) is 10.6 Å². The van der Waals surface area contributed by atoms with Gasteiger partial charge >= 0.3 is 12.2 Å². The van der Waals surface area contributed by atoms with Gasteiger partial charge in [0.2, 0.25) is 5.91 Å². The van der Waals surface area contributed by atoms with Crippen molar-refractivity contribution in [3.8, 4) is 0 Å². The van der Waals surface area contributed by atoms with Crippen molar-refractivity contribution in [2.45, 2.75) is 69.9 Å². The standard InChI is InChI=1S/C33H32Cl4F3N3O6/c1-31(2,3)48-29(46)43(30(47)49-32(4,5)6)24-14-21(39)23(13-22(24)40)42-27(44)17-12-16(8-9-18(17)34)41-28(45)26-25(33(26,36)37)15-7-10-20(38)19(35)11-15/h8-9,11-14,25-26H,7,10H2,1-6H3,(H,41,45)(H,42,44)/t25-,26+/m0/s1. The number of alkyl halides is 2. The maximum Gasteiger partial charge on any atom is 0.424 e. The molecule has 2 aromatic rings. The van der Waals surface area contributed by atoms with Crippen molar-refractivity contribution in [2.24, 2.45) is 11.8 Å². The van der Waals surface area contributed by atoms with Crippen LogP contribution in [0.15, 0.2) is 52.8 Å². The van der Waals surface area contributed by atoms with E-state index in [-0.39, 0.29) is 39.0 Å². The van der Waals surface area contributed by atoms with Gasteiger partial charge in [-0.3, -0.25) is 9.59 Å². The molecule has 1 fully saturated rings. The van der Waals surface area contributed by atoms with Gasteiger partial charge in [0, 0.05) is 30.2 Å². The molecule has 2 aromatic carbocycles. The Balaban J connectivity index is 1.54. The molecule has 1 saturated carbocycles. The van der Waals surface area contributed by atoms with Gasteiger partial charge in [-0.05, 0) is 72.2 Å². The number of ether oxygens (including phenoxy) is 2. The average molecular weight is 765 g/mol. The predicted molar refractivity (Wildman–Crippen MR) is 182 cm³/mol. The van der Waals surface area contributed by atoms with E-state index in [0.717, 1.165) is 0 Å². The lowest BCUT2D eigenvalue weighted by atomic mass is 9.98. The van der Waals surface area contributed by atoms with Crippen LogP contribution in [0.3, 0.4) is 0 Å². The van der Waals surface area contributed by atoms with Crippen molar-refractivity contribution in [1.29, 1.82) is 0 Å². The minimum absolute atomic E-state index is 0.0496. The molecular formula is C33H32Cl4F3N3O6. The van der Waals surface area contributed by atoms with Crippen molar-refractivity contribution in [2.75, 3.05) is 15.5 Å². The summed E-state index contributed by atoms with van der Waals surface area (Å²) in [5, 5.41) is 4.62. The number of imide groups is 1. The van der Waals surface area contributed by atoms with Crippen LogP contribution in [0.2, 0.25) is 5.02 Å². The molecule has 0 unspecified atom stereocenters. The fourth-order valence-electron chi connectivity index (χ4n) is 4.92. The Morgan fingerprint density at radius 2 is 1.45 bits per heavy atom. The molecule has 2 N–H and O–H groups in total. The van der Waals surface area contributed by atoms with E-state index in [0.29, 0.717) is 17.7 Å². The smallest absolute Gasteiger partial charge is 0.424 e. The highest BCUT2D eigenvalue weighted by Crippen LogP contribution is 2.64. The van der Waals surface area contributed by atoms with E-state index < -0.39 is 80.2 Å². The Morgan fingerprint density at radius 1 is 0.857 bits per heavy atom. The first-order valence-corrected chi connectivity index (χ1v) is 16.3. The molecule has 16 heteroatoms. The normalized spacial score (nSPS) is 18.7. The van der Waals surface area contributed by atoms with Crippen LogP contribution in [0, 0.1) is 23.5 Å². The fraction of sp³-hybridized carbons (Fsp3) is 0.394. The summed E-state index contributed by atoms with van der Waals surface area (Å²) in [6.07, 6.45) is -0.921. The minimum Gasteiger partial charge on any atom is -0.443 e. The van der Waals surface area contributed by atoms with Gasteiger partial charge in [-0.1, -0.05) is 28.8 Å². The van der Waals surface area contributed by atoms with Crippen molar-refractivity contribution < 1.29 is 41.8 Å². The molecule has 4 rings (SSSR count). The highest BCUT2D eigenvalue weighted by atomic mass is 35.5. The first kappa shape index (κ1) is 38.4. The number of nitrogens with one attached hydrogen (secondary N) is 2. The third-order valence-corrected chi connectivity index (χ3v) is 8.68. The highest BCUT2D eigenvalue weighted by molar-refractivity contribution is 6.53. The van der Waals surface area contributed by atoms with Crippen LogP contribution >= 0.6 is 46.4 Å². The van der Waals surface area contributed by atoms with E-state index in [9.17, 15) is 23.6 Å². The Bertz CT molecular complexity index is 1760. The van der Waals surface area contributed by atoms with E-state index in [1.807, 2.05) is 0 Å². The summed E-state index contributed by atoms with van der Waals surface area (Å²) in [5.41, 5.74) is -3.22. The van der Waals surface area contributed by atoms with Crippen LogP contribution in [0.4, 0.5) is 39.8 Å². The van der Waals surface area contributed by atoms with Crippen molar-refractivity contribution in [3.05, 3.63) is 75.1 Å². The maximum absolute atomic E-state index is 15.5. The van der Waals surface area contributed by atoms with Gasteiger partial charge in [-0.25, -0.2) is 22.8 Å². The molecule has 2 aliphatic carbocycles. The SMILES string of the molecule is CC(C)(C)OC(=O)N(C(=O)OC(C)(C)C)c1cc(F)c(NC(=O)c2cc(NC(=O)[C@H]3[C@H](C4=CC(Cl)=C(F)CC4)C3(Cl)Cl)ccc2Cl)cc1F. The lowest BCUT2D eigenvalue weighted by Crippen LogP contribution is -2.44. The van der Waals surface area contributed by atoms with Crippen LogP contribution in [0.1, 0.15) is 64.7 Å². The molecule has 0 heterocycles. The molecule has 0 saturated heterocycles. The van der Waals surface area contributed by atoms with E-state index in [4.69, 9.17) is 55.9 Å². The van der Waals surface area contributed by atoms with Crippen LogP contribution < -0.4 is 15.5 Å². The number of hydrogen-bond donors (Lipinski definition) is 2. The summed E-state index contributed by atoms with van der Waals surface area (Å²) in [6.45, 7) is 9.07. The summed E-state index contributed by atoms with van der Waals surface area (Å²) in [4.78, 5) is 52.4. The van der Waals surface area contributed by atoms with Gasteiger partial charge in [0.05, 0.1) is 32.9 Å². The number of carbonyl (C=O) groups is 4. The van der Waals surface area contributed by atoms with Gasteiger partial charge in [0.15, 0.2) is 0 Å². The molecular weight excluding hydrogens is 733 g/mol. The van der Waals surface area contributed by atoms with Gasteiger partial charge < -0.3 is 20.1 Å². The predicted octanol–water partition coefficient (Wildman–Crippen LogP) is 10.0. The first-order chi connectivity index (χ1) is 22.5. The lowest BCUT2D eigenvalue weighted by Gasteiger charge is -2.29. The zero-order chi connectivity index (χ0) is 36.8. The lowest BCUT2D eigenvalue weighted by molar-refractivity contribution is -0.117. The summed E-state index contributed by atoms with van der Waals surface area (Å²) in [5.74, 6) is -6.12. The van der Waals surface area contributed by atoms with Crippen LogP contribution in [-0.4, -0.2) is 39.5 Å². The molecule has 0 bridgehead atoms. The second-order valence-electron chi connectivity index (χ2n) is 13.3. The van der Waals surface area contributed by atoms with Crippen molar-refractivity contribution in [3.63, 3.8) is 0 Å². The van der Waals surface area contributed by atoms with E-state index in [1.165, 1.54) is 65.8 Å². The number of hydrogen-bond acceptors (Lipinski definition) is 6. The molecule has 0 aromatic heterocycles. The molecule has 49 heavy (non-hydrogen) atoms. The zero-order valence-corrected chi connectivity index (χ0v) is 30.1. The highest BCUT2D eigenvalue weighted by Gasteiger charge is 2.68. The summed E-state index contributed by atoms with van der Waals surface area (Å²) < 4.78 is 53.5. The largest absolute Gasteiger partial charge is 0.443 e. The molecule has 0 spiro atoms. The number of nitrogens with zero attached hydrogens (tertiary/aromatic N) is 1. The number of benzene rings is 2. The number of amides is 4. The molecule has 4 amide bonds. The Kier molecular flexibility index (Phi) is 11.0. The van der Waals surface area contributed by atoms with Crippen LogP contribution in [0.5, 0.6) is 0 Å². The van der Waals surface area contributed by atoms with E-state index >= 15 is 8.78 Å². The van der Waals surface area contributed by atoms with E-state index in [1.54, 1.807) is 0 Å². The number of rotatable bonds is 6. The molecule has 2 aliphatic rings. The molecule has 2 atom stereocenters. The van der Waals surface area contributed by atoms with Crippen LogP contribution in [0.25, 0.3) is 0 Å². The Labute approximate surface area is 300 Å². The summed E-state index contributed by atoms with van der Waals surface area (Å²) in [6, 6.07) is 4.96. The second kappa shape index (κ2) is 14.0. The fourth-order valence-corrected chi connectivity index (χ4v) is 6.22. The van der Waals surface area contributed by atoms with Gasteiger partial charge in [0.25, 0.3) is 5.91 Å². The Hall–Kier alpha value is -3.45. The number of halogens is 7. The van der Waals surface area contributed by atoms with Crippen molar-refractivity contribution in [1.82, 2.24) is 0 Å². The number of anilines is 3. The van der Waals surface area contributed by atoms with Crippen LogP contribution in [-0.2, 0) is 14.3 Å². The Morgan fingerprint density at radius 3 is 2.00 bits per heavy atom. The first-order valence-electron chi connectivity index (χ1n) is 14.8. The number of allylic oxidation sites excluding steroid dienone is 4. The monoisotopic (exact) mass is 763 g/mol. The topological polar surface area (TPSA) is 114 Å². The third-order valence-electron chi connectivity index (χ3n) is 7.10. The summed E-state index contributed by atoms with van der Waals surface area (Å²) in [7, 11) is 0.